The number of carbonyl (C=O) groups excluding carboxylic acids is 1. The molecule has 3 rings (SSSR count). The molecule has 6 nitrogen and oxygen atoms in total. The van der Waals surface area contributed by atoms with Crippen LogP contribution in [-0.4, -0.2) is 34.0 Å². The Hall–Kier alpha value is -2.21. The molecule has 2 N–H and O–H groups in total. The van der Waals surface area contributed by atoms with Gasteiger partial charge in [-0.1, -0.05) is 17.3 Å². The number of fused-ring (bicyclic) bond motifs is 1. The Labute approximate surface area is 123 Å². The molecule has 0 radical (unpaired) electrons. The number of nitrogens with zero attached hydrogens (tertiary/aromatic N) is 3. The van der Waals surface area contributed by atoms with Crippen LogP contribution in [0.15, 0.2) is 30.6 Å². The SMILES string of the molecule is O=C(NCCCn1ccnn1)c1cccc2c1CCNC2. The lowest BCUT2D eigenvalue weighted by atomic mass is 9.95. The minimum Gasteiger partial charge on any atom is -0.352 e. The van der Waals surface area contributed by atoms with Crippen molar-refractivity contribution in [1.82, 2.24) is 25.6 Å². The third-order valence-electron chi connectivity index (χ3n) is 3.71. The van der Waals surface area contributed by atoms with Crippen molar-refractivity contribution in [2.45, 2.75) is 25.9 Å². The molecule has 2 aromatic rings. The summed E-state index contributed by atoms with van der Waals surface area (Å²) >= 11 is 0. The van der Waals surface area contributed by atoms with E-state index in [1.54, 1.807) is 10.9 Å². The minimum absolute atomic E-state index is 0.0207. The highest BCUT2D eigenvalue weighted by Gasteiger charge is 2.16. The molecule has 0 spiro atoms. The lowest BCUT2D eigenvalue weighted by Gasteiger charge is -2.19. The zero-order valence-corrected chi connectivity index (χ0v) is 11.9. The van der Waals surface area contributed by atoms with E-state index in [1.807, 2.05) is 18.3 Å². The standard InChI is InChI=1S/C15H19N5O/c21-15(17-6-2-9-20-10-8-18-19-20)14-4-1-3-12-11-16-7-5-13(12)14/h1,3-4,8,10,16H,2,5-7,9,11H2,(H,17,21). The van der Waals surface area contributed by atoms with Crippen LogP contribution in [0, 0.1) is 0 Å². The molecule has 0 atom stereocenters. The molecule has 0 fully saturated rings. The molecule has 1 aliphatic heterocycles. The van der Waals surface area contributed by atoms with Crippen LogP contribution in [0.4, 0.5) is 0 Å². The van der Waals surface area contributed by atoms with Crippen LogP contribution < -0.4 is 10.6 Å². The van der Waals surface area contributed by atoms with Crippen LogP contribution in [0.1, 0.15) is 27.9 Å². The van der Waals surface area contributed by atoms with E-state index in [0.717, 1.165) is 38.0 Å². The number of aromatic nitrogens is 3. The maximum Gasteiger partial charge on any atom is 0.251 e. The molecule has 1 aromatic carbocycles. The van der Waals surface area contributed by atoms with E-state index in [2.05, 4.69) is 27.0 Å². The van der Waals surface area contributed by atoms with E-state index >= 15 is 0 Å². The summed E-state index contributed by atoms with van der Waals surface area (Å²) in [6.45, 7) is 3.18. The summed E-state index contributed by atoms with van der Waals surface area (Å²) in [5.74, 6) is 0.0207. The van der Waals surface area contributed by atoms with Gasteiger partial charge in [0, 0.05) is 31.4 Å². The van der Waals surface area contributed by atoms with E-state index in [1.165, 1.54) is 11.1 Å². The summed E-state index contributed by atoms with van der Waals surface area (Å²) in [4.78, 5) is 12.3. The molecule has 0 bridgehead atoms. The van der Waals surface area contributed by atoms with Gasteiger partial charge in [-0.25, -0.2) is 0 Å². The Morgan fingerprint density at radius 3 is 3.24 bits per heavy atom. The second-order valence-corrected chi connectivity index (χ2v) is 5.15. The van der Waals surface area contributed by atoms with Crippen molar-refractivity contribution < 1.29 is 4.79 Å². The highest BCUT2D eigenvalue weighted by atomic mass is 16.1. The maximum atomic E-state index is 12.3. The molecule has 21 heavy (non-hydrogen) atoms. The average molecular weight is 285 g/mol. The number of aryl methyl sites for hydroxylation is 1. The van der Waals surface area contributed by atoms with Crippen molar-refractivity contribution in [2.75, 3.05) is 13.1 Å². The van der Waals surface area contributed by atoms with Crippen LogP contribution in [0.2, 0.25) is 0 Å². The minimum atomic E-state index is 0.0207. The fourth-order valence-corrected chi connectivity index (χ4v) is 2.63. The van der Waals surface area contributed by atoms with E-state index in [0.29, 0.717) is 6.54 Å². The van der Waals surface area contributed by atoms with Crippen molar-refractivity contribution in [2.24, 2.45) is 0 Å². The normalized spacial score (nSPS) is 13.7. The van der Waals surface area contributed by atoms with Gasteiger partial charge in [0.25, 0.3) is 5.91 Å². The van der Waals surface area contributed by atoms with Gasteiger partial charge in [-0.15, -0.1) is 5.10 Å². The van der Waals surface area contributed by atoms with E-state index in [-0.39, 0.29) is 5.91 Å². The molecular weight excluding hydrogens is 266 g/mol. The number of benzene rings is 1. The predicted molar refractivity (Wildman–Crippen MR) is 78.8 cm³/mol. The van der Waals surface area contributed by atoms with Gasteiger partial charge in [0.15, 0.2) is 0 Å². The topological polar surface area (TPSA) is 71.8 Å². The van der Waals surface area contributed by atoms with Crippen molar-refractivity contribution in [3.05, 3.63) is 47.3 Å². The van der Waals surface area contributed by atoms with E-state index in [9.17, 15) is 4.79 Å². The van der Waals surface area contributed by atoms with Crippen molar-refractivity contribution in [3.8, 4) is 0 Å². The van der Waals surface area contributed by atoms with E-state index in [4.69, 9.17) is 0 Å². The van der Waals surface area contributed by atoms with Gasteiger partial charge >= 0.3 is 0 Å². The third-order valence-corrected chi connectivity index (χ3v) is 3.71. The van der Waals surface area contributed by atoms with Gasteiger partial charge in [0.05, 0.1) is 6.20 Å². The van der Waals surface area contributed by atoms with Crippen molar-refractivity contribution >= 4 is 5.91 Å². The molecule has 6 heteroatoms. The number of hydrogen-bond donors (Lipinski definition) is 2. The van der Waals surface area contributed by atoms with Gasteiger partial charge in [-0.2, -0.15) is 0 Å². The predicted octanol–water partition coefficient (Wildman–Crippen LogP) is 0.744. The highest BCUT2D eigenvalue weighted by molar-refractivity contribution is 5.96. The zero-order valence-electron chi connectivity index (χ0n) is 11.9. The zero-order chi connectivity index (χ0) is 14.5. The molecule has 2 heterocycles. The molecule has 110 valence electrons. The molecule has 1 amide bonds. The summed E-state index contributed by atoms with van der Waals surface area (Å²) < 4.78 is 1.77. The number of hydrogen-bond acceptors (Lipinski definition) is 4. The molecule has 1 aliphatic rings. The Bertz CT molecular complexity index is 609. The number of carbonyl (C=O) groups is 1. The Balaban J connectivity index is 1.56. The second kappa shape index (κ2) is 6.49. The lowest BCUT2D eigenvalue weighted by molar-refractivity contribution is 0.0951. The smallest absolute Gasteiger partial charge is 0.251 e. The summed E-state index contributed by atoms with van der Waals surface area (Å²) in [6, 6.07) is 5.95. The Morgan fingerprint density at radius 1 is 1.43 bits per heavy atom. The summed E-state index contributed by atoms with van der Waals surface area (Å²) in [5.41, 5.74) is 3.23. The maximum absolute atomic E-state index is 12.3. The third kappa shape index (κ3) is 3.28. The van der Waals surface area contributed by atoms with Crippen LogP contribution in [0.25, 0.3) is 0 Å². The van der Waals surface area contributed by atoms with Gasteiger partial charge in [0.2, 0.25) is 0 Å². The largest absolute Gasteiger partial charge is 0.352 e. The average Bonchev–Trinajstić information content (AvgIpc) is 3.04. The van der Waals surface area contributed by atoms with Crippen LogP contribution in [0.5, 0.6) is 0 Å². The molecular formula is C15H19N5O. The van der Waals surface area contributed by atoms with Gasteiger partial charge in [0.1, 0.15) is 0 Å². The molecule has 0 aliphatic carbocycles. The van der Waals surface area contributed by atoms with Gasteiger partial charge in [-0.3, -0.25) is 9.48 Å². The first-order valence-corrected chi connectivity index (χ1v) is 7.28. The summed E-state index contributed by atoms with van der Waals surface area (Å²) in [6.07, 6.45) is 5.23. The van der Waals surface area contributed by atoms with Crippen molar-refractivity contribution in [1.29, 1.82) is 0 Å². The summed E-state index contributed by atoms with van der Waals surface area (Å²) in [7, 11) is 0. The quantitative estimate of drug-likeness (QED) is 0.795. The first-order chi connectivity index (χ1) is 10.3. The first kappa shape index (κ1) is 13.8. The fourth-order valence-electron chi connectivity index (χ4n) is 2.63. The second-order valence-electron chi connectivity index (χ2n) is 5.15. The Morgan fingerprint density at radius 2 is 2.38 bits per heavy atom. The van der Waals surface area contributed by atoms with Crippen LogP contribution >= 0.6 is 0 Å². The lowest BCUT2D eigenvalue weighted by Crippen LogP contribution is -2.30. The Kier molecular flexibility index (Phi) is 4.25. The van der Waals surface area contributed by atoms with Crippen LogP contribution in [-0.2, 0) is 19.5 Å². The van der Waals surface area contributed by atoms with Gasteiger partial charge < -0.3 is 10.6 Å². The van der Waals surface area contributed by atoms with Crippen LogP contribution in [0.3, 0.4) is 0 Å². The monoisotopic (exact) mass is 285 g/mol. The number of nitrogens with one attached hydrogen (secondary N) is 2. The molecule has 0 unspecified atom stereocenters. The molecule has 1 aromatic heterocycles. The highest BCUT2D eigenvalue weighted by Crippen LogP contribution is 2.18. The summed E-state index contributed by atoms with van der Waals surface area (Å²) in [5, 5.41) is 14.0. The van der Waals surface area contributed by atoms with E-state index < -0.39 is 0 Å². The van der Waals surface area contributed by atoms with Gasteiger partial charge in [-0.05, 0) is 36.6 Å². The fraction of sp³-hybridized carbons (Fsp3) is 0.400. The van der Waals surface area contributed by atoms with Crippen molar-refractivity contribution in [3.63, 3.8) is 0 Å². The molecule has 0 saturated heterocycles. The number of rotatable bonds is 5. The molecule has 0 saturated carbocycles. The number of amides is 1. The first-order valence-electron chi connectivity index (χ1n) is 7.28.